The number of hydrogen-bond donors (Lipinski definition) is 1. The maximum atomic E-state index is 5.18. The Hall–Kier alpha value is -1.62. The molecule has 0 spiro atoms. The minimum absolute atomic E-state index is 0.572. The van der Waals surface area contributed by atoms with Crippen molar-refractivity contribution in [3.05, 3.63) is 23.8 Å². The van der Waals surface area contributed by atoms with Gasteiger partial charge in [-0.25, -0.2) is 0 Å². The Morgan fingerprint density at radius 1 is 1.43 bits per heavy atom. The van der Waals surface area contributed by atoms with Crippen LogP contribution in [0.1, 0.15) is 5.56 Å². The van der Waals surface area contributed by atoms with E-state index < -0.39 is 0 Å². The average Bonchev–Trinajstić information content (AvgIpc) is 2.15. The Kier molecular flexibility index (Phi) is 3.41. The van der Waals surface area contributed by atoms with Crippen molar-refractivity contribution >= 4 is 11.4 Å². The Bertz CT molecular complexity index is 348. The summed E-state index contributed by atoms with van der Waals surface area (Å²) < 4.78 is 0. The number of anilines is 2. The second kappa shape index (κ2) is 4.57. The van der Waals surface area contributed by atoms with Crippen LogP contribution < -0.4 is 10.2 Å². The summed E-state index contributed by atoms with van der Waals surface area (Å²) in [4.78, 5) is 2.08. The van der Waals surface area contributed by atoms with Crippen molar-refractivity contribution in [3.8, 4) is 12.3 Å². The van der Waals surface area contributed by atoms with Crippen LogP contribution in [0.3, 0.4) is 0 Å². The first-order chi connectivity index (χ1) is 6.65. The van der Waals surface area contributed by atoms with E-state index in [2.05, 4.69) is 41.3 Å². The SMILES string of the molecule is C#CCNc1ccc(N(C)C)cc1C. The van der Waals surface area contributed by atoms with Crippen LogP contribution in [-0.2, 0) is 0 Å². The van der Waals surface area contributed by atoms with Gasteiger partial charge in [-0.3, -0.25) is 0 Å². The van der Waals surface area contributed by atoms with Crippen LogP contribution in [0.5, 0.6) is 0 Å². The molecule has 0 aliphatic heterocycles. The van der Waals surface area contributed by atoms with E-state index in [9.17, 15) is 0 Å². The normalized spacial score (nSPS) is 9.29. The number of hydrogen-bond acceptors (Lipinski definition) is 2. The Balaban J connectivity index is 2.85. The van der Waals surface area contributed by atoms with Crippen molar-refractivity contribution < 1.29 is 0 Å². The van der Waals surface area contributed by atoms with Crippen molar-refractivity contribution in [2.45, 2.75) is 6.92 Å². The fourth-order valence-electron chi connectivity index (χ4n) is 1.27. The fourth-order valence-corrected chi connectivity index (χ4v) is 1.27. The molecule has 0 fully saturated rings. The Morgan fingerprint density at radius 3 is 2.64 bits per heavy atom. The molecule has 74 valence electrons. The van der Waals surface area contributed by atoms with Gasteiger partial charge in [-0.2, -0.15) is 0 Å². The molecule has 0 saturated heterocycles. The van der Waals surface area contributed by atoms with Crippen molar-refractivity contribution in [1.82, 2.24) is 0 Å². The van der Waals surface area contributed by atoms with Gasteiger partial charge in [0, 0.05) is 25.5 Å². The van der Waals surface area contributed by atoms with Gasteiger partial charge in [0.2, 0.25) is 0 Å². The van der Waals surface area contributed by atoms with Gasteiger partial charge in [0.1, 0.15) is 0 Å². The minimum Gasteiger partial charge on any atom is -0.378 e. The molecule has 0 radical (unpaired) electrons. The molecule has 0 aromatic heterocycles. The molecule has 0 atom stereocenters. The number of nitrogens with one attached hydrogen (secondary N) is 1. The van der Waals surface area contributed by atoms with Gasteiger partial charge in [-0.1, -0.05) is 5.92 Å². The molecule has 1 rings (SSSR count). The first kappa shape index (κ1) is 10.5. The third-order valence-corrected chi connectivity index (χ3v) is 2.11. The summed E-state index contributed by atoms with van der Waals surface area (Å²) in [5.74, 6) is 2.56. The van der Waals surface area contributed by atoms with Crippen LogP contribution in [0.4, 0.5) is 11.4 Å². The van der Waals surface area contributed by atoms with Gasteiger partial charge >= 0.3 is 0 Å². The highest BCUT2D eigenvalue weighted by Gasteiger charge is 1.99. The van der Waals surface area contributed by atoms with Gasteiger partial charge < -0.3 is 10.2 Å². The number of rotatable bonds is 3. The summed E-state index contributed by atoms with van der Waals surface area (Å²) in [5, 5.41) is 3.17. The van der Waals surface area contributed by atoms with Crippen LogP contribution in [0.2, 0.25) is 0 Å². The molecular formula is C12H16N2. The molecule has 0 bridgehead atoms. The summed E-state index contributed by atoms with van der Waals surface area (Å²) >= 11 is 0. The molecule has 2 nitrogen and oxygen atoms in total. The van der Waals surface area contributed by atoms with Crippen LogP contribution in [0.25, 0.3) is 0 Å². The van der Waals surface area contributed by atoms with E-state index >= 15 is 0 Å². The quantitative estimate of drug-likeness (QED) is 0.731. The lowest BCUT2D eigenvalue weighted by molar-refractivity contribution is 1.13. The van der Waals surface area contributed by atoms with E-state index in [-0.39, 0.29) is 0 Å². The molecular weight excluding hydrogens is 172 g/mol. The molecule has 0 aliphatic carbocycles. The van der Waals surface area contributed by atoms with Crippen LogP contribution >= 0.6 is 0 Å². The molecule has 0 unspecified atom stereocenters. The molecule has 1 aromatic carbocycles. The molecule has 0 heterocycles. The highest BCUT2D eigenvalue weighted by atomic mass is 15.1. The molecule has 0 amide bonds. The highest BCUT2D eigenvalue weighted by Crippen LogP contribution is 2.20. The summed E-state index contributed by atoms with van der Waals surface area (Å²) in [6.45, 7) is 2.65. The lowest BCUT2D eigenvalue weighted by Gasteiger charge is -2.15. The van der Waals surface area contributed by atoms with Gasteiger partial charge in [-0.15, -0.1) is 6.42 Å². The topological polar surface area (TPSA) is 15.3 Å². The monoisotopic (exact) mass is 188 g/mol. The minimum atomic E-state index is 0.572. The van der Waals surface area contributed by atoms with Crippen molar-refractivity contribution in [2.24, 2.45) is 0 Å². The second-order valence-corrected chi connectivity index (χ2v) is 3.45. The molecule has 2 heteroatoms. The predicted molar refractivity (Wildman–Crippen MR) is 62.8 cm³/mol. The third kappa shape index (κ3) is 2.43. The summed E-state index contributed by atoms with van der Waals surface area (Å²) in [7, 11) is 4.06. The molecule has 14 heavy (non-hydrogen) atoms. The largest absolute Gasteiger partial charge is 0.378 e. The van der Waals surface area contributed by atoms with Crippen molar-refractivity contribution in [2.75, 3.05) is 30.9 Å². The first-order valence-electron chi connectivity index (χ1n) is 4.60. The predicted octanol–water partition coefficient (Wildman–Crippen LogP) is 2.11. The molecule has 0 saturated carbocycles. The van der Waals surface area contributed by atoms with E-state index in [0.29, 0.717) is 6.54 Å². The number of nitrogens with zero attached hydrogens (tertiary/aromatic N) is 1. The van der Waals surface area contributed by atoms with Crippen molar-refractivity contribution in [1.29, 1.82) is 0 Å². The summed E-state index contributed by atoms with van der Waals surface area (Å²) in [5.41, 5.74) is 3.52. The van der Waals surface area contributed by atoms with E-state index in [0.717, 1.165) is 5.69 Å². The second-order valence-electron chi connectivity index (χ2n) is 3.45. The van der Waals surface area contributed by atoms with Gasteiger partial charge in [0.25, 0.3) is 0 Å². The molecule has 1 N–H and O–H groups in total. The Labute approximate surface area is 85.9 Å². The van der Waals surface area contributed by atoms with Gasteiger partial charge in [-0.05, 0) is 30.7 Å². The maximum absolute atomic E-state index is 5.18. The smallest absolute Gasteiger partial charge is 0.0763 e. The zero-order chi connectivity index (χ0) is 10.6. The van der Waals surface area contributed by atoms with Crippen LogP contribution in [-0.4, -0.2) is 20.6 Å². The van der Waals surface area contributed by atoms with E-state index in [1.54, 1.807) is 0 Å². The standard InChI is InChI=1S/C12H16N2/c1-5-8-13-12-7-6-11(14(3)4)9-10(12)2/h1,6-7,9,13H,8H2,2-4H3. The number of benzene rings is 1. The zero-order valence-corrected chi connectivity index (χ0v) is 8.96. The van der Waals surface area contributed by atoms with E-state index in [1.165, 1.54) is 11.3 Å². The third-order valence-electron chi connectivity index (χ3n) is 2.11. The fraction of sp³-hybridized carbons (Fsp3) is 0.333. The molecule has 0 aliphatic rings. The van der Waals surface area contributed by atoms with Crippen molar-refractivity contribution in [3.63, 3.8) is 0 Å². The Morgan fingerprint density at radius 2 is 2.14 bits per heavy atom. The number of terminal acetylenes is 1. The van der Waals surface area contributed by atoms with Gasteiger partial charge in [0.05, 0.1) is 6.54 Å². The first-order valence-corrected chi connectivity index (χ1v) is 4.60. The average molecular weight is 188 g/mol. The lowest BCUT2D eigenvalue weighted by atomic mass is 10.1. The maximum Gasteiger partial charge on any atom is 0.0763 e. The number of aryl methyl sites for hydroxylation is 1. The lowest BCUT2D eigenvalue weighted by Crippen LogP contribution is -2.09. The molecule has 1 aromatic rings. The van der Waals surface area contributed by atoms with Crippen LogP contribution in [0.15, 0.2) is 18.2 Å². The van der Waals surface area contributed by atoms with E-state index in [4.69, 9.17) is 6.42 Å². The summed E-state index contributed by atoms with van der Waals surface area (Å²) in [6.07, 6.45) is 5.18. The summed E-state index contributed by atoms with van der Waals surface area (Å²) in [6, 6.07) is 6.27. The highest BCUT2D eigenvalue weighted by molar-refractivity contribution is 5.60. The van der Waals surface area contributed by atoms with E-state index in [1.807, 2.05) is 14.1 Å². The van der Waals surface area contributed by atoms with Crippen LogP contribution in [0, 0.1) is 19.3 Å². The van der Waals surface area contributed by atoms with Gasteiger partial charge in [0.15, 0.2) is 0 Å². The zero-order valence-electron chi connectivity index (χ0n) is 8.96.